The van der Waals surface area contributed by atoms with Crippen molar-refractivity contribution in [3.05, 3.63) is 34.9 Å². The third-order valence-electron chi connectivity index (χ3n) is 5.98. The van der Waals surface area contributed by atoms with Crippen LogP contribution in [0, 0.1) is 19.3 Å². The predicted octanol–water partition coefficient (Wildman–Crippen LogP) is 2.45. The van der Waals surface area contributed by atoms with Crippen molar-refractivity contribution in [1.82, 2.24) is 14.9 Å². The second-order valence-electron chi connectivity index (χ2n) is 7.61. The molecule has 4 heterocycles. The molecule has 2 saturated heterocycles. The molecule has 2 atom stereocenters. The van der Waals surface area contributed by atoms with Crippen LogP contribution >= 0.6 is 0 Å². The van der Waals surface area contributed by atoms with Gasteiger partial charge in [-0.3, -0.25) is 4.79 Å². The summed E-state index contributed by atoms with van der Waals surface area (Å²) in [5, 5.41) is 0. The highest BCUT2D eigenvalue weighted by molar-refractivity contribution is 5.92. The lowest BCUT2D eigenvalue weighted by Crippen LogP contribution is -2.59. The smallest absolute Gasteiger partial charge is 0.272 e. The summed E-state index contributed by atoms with van der Waals surface area (Å²) in [6.07, 6.45) is 6.11. The van der Waals surface area contributed by atoms with E-state index in [1.165, 1.54) is 5.57 Å². The molecule has 0 saturated carbocycles. The van der Waals surface area contributed by atoms with Gasteiger partial charge in [0.1, 0.15) is 11.5 Å². The first-order valence-corrected chi connectivity index (χ1v) is 9.58. The molecule has 0 spiro atoms. The monoisotopic (exact) mass is 357 g/mol. The van der Waals surface area contributed by atoms with E-state index in [1.807, 2.05) is 13.8 Å². The number of hydrogen-bond acceptors (Lipinski definition) is 5. The zero-order chi connectivity index (χ0) is 18.1. The van der Waals surface area contributed by atoms with Gasteiger partial charge in [-0.05, 0) is 45.6 Å². The highest BCUT2D eigenvalue weighted by Crippen LogP contribution is 2.48. The maximum absolute atomic E-state index is 13.3. The molecular formula is C20H27N3O3. The Morgan fingerprint density at radius 1 is 1.27 bits per heavy atom. The van der Waals surface area contributed by atoms with Gasteiger partial charge in [-0.25, -0.2) is 9.97 Å². The number of fused-ring (bicyclic) bond motifs is 1. The first kappa shape index (κ1) is 17.6. The number of aryl methyl sites for hydroxylation is 2. The van der Waals surface area contributed by atoms with Crippen LogP contribution in [0.5, 0.6) is 0 Å². The number of amides is 1. The first-order chi connectivity index (χ1) is 12.6. The molecule has 0 aliphatic carbocycles. The van der Waals surface area contributed by atoms with Gasteiger partial charge in [0.15, 0.2) is 0 Å². The number of carbonyl (C=O) groups is 1. The normalized spacial score (nSPS) is 29.1. The van der Waals surface area contributed by atoms with Gasteiger partial charge in [0.2, 0.25) is 0 Å². The molecule has 3 aliphatic rings. The largest absolute Gasteiger partial charge is 0.380 e. The Morgan fingerprint density at radius 3 is 2.92 bits per heavy atom. The quantitative estimate of drug-likeness (QED) is 0.761. The molecule has 6 heteroatoms. The van der Waals surface area contributed by atoms with E-state index >= 15 is 0 Å². The zero-order valence-electron chi connectivity index (χ0n) is 15.7. The predicted molar refractivity (Wildman–Crippen MR) is 97.0 cm³/mol. The molecule has 6 nitrogen and oxygen atoms in total. The molecule has 0 N–H and O–H groups in total. The second-order valence-corrected chi connectivity index (χ2v) is 7.61. The second kappa shape index (κ2) is 7.08. The van der Waals surface area contributed by atoms with Gasteiger partial charge in [-0.15, -0.1) is 0 Å². The summed E-state index contributed by atoms with van der Waals surface area (Å²) in [7, 11) is 0. The fourth-order valence-electron chi connectivity index (χ4n) is 4.90. The summed E-state index contributed by atoms with van der Waals surface area (Å²) < 4.78 is 11.4. The maximum Gasteiger partial charge on any atom is 0.272 e. The van der Waals surface area contributed by atoms with E-state index in [-0.39, 0.29) is 17.4 Å². The fraction of sp³-hybridized carbons (Fsp3) is 0.650. The molecule has 140 valence electrons. The Hall–Kier alpha value is -1.79. The highest BCUT2D eigenvalue weighted by Gasteiger charge is 2.50. The Balaban J connectivity index is 1.68. The van der Waals surface area contributed by atoms with Crippen LogP contribution in [-0.2, 0) is 9.47 Å². The zero-order valence-corrected chi connectivity index (χ0v) is 15.7. The summed E-state index contributed by atoms with van der Waals surface area (Å²) >= 11 is 0. The molecule has 0 radical (unpaired) electrons. The van der Waals surface area contributed by atoms with Crippen LogP contribution in [0.3, 0.4) is 0 Å². The number of ether oxygens (including phenoxy) is 2. The lowest BCUT2D eigenvalue weighted by atomic mass is 9.65. The minimum Gasteiger partial charge on any atom is -0.380 e. The van der Waals surface area contributed by atoms with Gasteiger partial charge >= 0.3 is 0 Å². The maximum atomic E-state index is 13.3. The summed E-state index contributed by atoms with van der Waals surface area (Å²) in [6.45, 7) is 7.38. The van der Waals surface area contributed by atoms with Gasteiger partial charge in [-0.1, -0.05) is 11.6 Å². The number of nitrogens with zero attached hydrogens (tertiary/aromatic N) is 3. The third-order valence-corrected chi connectivity index (χ3v) is 5.98. The minimum atomic E-state index is -0.0624. The van der Waals surface area contributed by atoms with Crippen LogP contribution in [0.2, 0.25) is 0 Å². The topological polar surface area (TPSA) is 64.6 Å². The van der Waals surface area contributed by atoms with E-state index in [0.29, 0.717) is 31.3 Å². The van der Waals surface area contributed by atoms with Crippen molar-refractivity contribution >= 4 is 5.91 Å². The number of rotatable bonds is 2. The lowest BCUT2D eigenvalue weighted by Gasteiger charge is -2.54. The lowest BCUT2D eigenvalue weighted by molar-refractivity contribution is -0.0740. The summed E-state index contributed by atoms with van der Waals surface area (Å²) in [5.74, 6) is 0.679. The van der Waals surface area contributed by atoms with E-state index in [2.05, 4.69) is 20.9 Å². The molecule has 1 amide bonds. The van der Waals surface area contributed by atoms with Crippen molar-refractivity contribution < 1.29 is 14.3 Å². The number of carbonyl (C=O) groups excluding carboxylic acids is 1. The van der Waals surface area contributed by atoms with E-state index in [0.717, 1.165) is 44.5 Å². The van der Waals surface area contributed by atoms with Crippen LogP contribution in [-0.4, -0.2) is 59.8 Å². The van der Waals surface area contributed by atoms with E-state index < -0.39 is 0 Å². The van der Waals surface area contributed by atoms with Crippen molar-refractivity contribution in [2.24, 2.45) is 5.41 Å². The average Bonchev–Trinajstić information content (AvgIpc) is 2.67. The van der Waals surface area contributed by atoms with Crippen molar-refractivity contribution in [3.8, 4) is 0 Å². The molecule has 2 fully saturated rings. The summed E-state index contributed by atoms with van der Waals surface area (Å²) in [5.41, 5.74) is 2.70. The Bertz CT molecular complexity index is 709. The molecular weight excluding hydrogens is 330 g/mol. The van der Waals surface area contributed by atoms with Crippen molar-refractivity contribution in [2.45, 2.75) is 45.6 Å². The van der Waals surface area contributed by atoms with Crippen molar-refractivity contribution in [2.75, 3.05) is 33.0 Å². The van der Waals surface area contributed by atoms with E-state index in [1.54, 1.807) is 6.07 Å². The van der Waals surface area contributed by atoms with E-state index in [9.17, 15) is 4.79 Å². The van der Waals surface area contributed by atoms with Crippen LogP contribution in [0.4, 0.5) is 0 Å². The standard InChI is InChI=1S/C20H27N3O3/c1-14-12-17(22-15(2)21-14)19(24)23-8-3-7-20(13-26-11-6-18(20)23)16-4-9-25-10-5-16/h4,12,18H,3,5-11,13H2,1-2H3/t18-,20-/m0/s1. The van der Waals surface area contributed by atoms with Crippen LogP contribution < -0.4 is 0 Å². The van der Waals surface area contributed by atoms with Crippen molar-refractivity contribution in [1.29, 1.82) is 0 Å². The number of piperidine rings is 1. The van der Waals surface area contributed by atoms with Gasteiger partial charge in [0, 0.05) is 30.3 Å². The van der Waals surface area contributed by atoms with Gasteiger partial charge in [-0.2, -0.15) is 0 Å². The molecule has 26 heavy (non-hydrogen) atoms. The first-order valence-electron chi connectivity index (χ1n) is 9.58. The average molecular weight is 357 g/mol. The highest BCUT2D eigenvalue weighted by atomic mass is 16.5. The number of likely N-dealkylation sites (tertiary alicyclic amines) is 1. The molecule has 1 aromatic rings. The van der Waals surface area contributed by atoms with Gasteiger partial charge in [0.05, 0.1) is 19.8 Å². The van der Waals surface area contributed by atoms with Crippen molar-refractivity contribution in [3.63, 3.8) is 0 Å². The molecule has 0 unspecified atom stereocenters. The number of hydrogen-bond donors (Lipinski definition) is 0. The van der Waals surface area contributed by atoms with Crippen LogP contribution in [0.15, 0.2) is 17.7 Å². The van der Waals surface area contributed by atoms with Crippen LogP contribution in [0.1, 0.15) is 47.7 Å². The molecule has 3 aliphatic heterocycles. The van der Waals surface area contributed by atoms with Gasteiger partial charge < -0.3 is 14.4 Å². The SMILES string of the molecule is Cc1cc(C(=O)N2CCC[C@@]3(C4=CCOCC4)COCC[C@H]23)nc(C)n1. The minimum absolute atomic E-state index is 0.0298. The molecule has 0 bridgehead atoms. The number of aromatic nitrogens is 2. The third kappa shape index (κ3) is 3.05. The molecule has 4 rings (SSSR count). The summed E-state index contributed by atoms with van der Waals surface area (Å²) in [6, 6.07) is 1.98. The van der Waals surface area contributed by atoms with E-state index in [4.69, 9.17) is 9.47 Å². The fourth-order valence-corrected chi connectivity index (χ4v) is 4.90. The molecule has 1 aromatic heterocycles. The summed E-state index contributed by atoms with van der Waals surface area (Å²) in [4.78, 5) is 24.1. The Kier molecular flexibility index (Phi) is 4.80. The van der Waals surface area contributed by atoms with Crippen LogP contribution in [0.25, 0.3) is 0 Å². The Morgan fingerprint density at radius 2 is 2.15 bits per heavy atom. The molecule has 0 aromatic carbocycles. The van der Waals surface area contributed by atoms with Gasteiger partial charge in [0.25, 0.3) is 5.91 Å². The Labute approximate surface area is 154 Å².